The molecule has 1 aromatic heterocycles. The minimum atomic E-state index is 0. The fraction of sp³-hybridized carbons (Fsp3) is 0.773. The van der Waals surface area contributed by atoms with E-state index in [0.29, 0.717) is 12.0 Å². The standard InChI is InChI=1S/C22H39N5O2S.HI/c1-18-4-5-21(30-18)20(27-11-14-29-15-12-27)17-25-22(23-2)24-16-19-6-8-26(9-7-19)10-13-28-3;/h4-5,19-20H,6-17H2,1-3H3,(H2,23,24,25);1H. The fourth-order valence-electron chi connectivity index (χ4n) is 4.22. The number of hydrogen-bond acceptors (Lipinski definition) is 6. The molecule has 31 heavy (non-hydrogen) atoms. The Morgan fingerprint density at radius 3 is 2.58 bits per heavy atom. The molecule has 3 heterocycles. The number of halogens is 1. The number of ether oxygens (including phenoxy) is 2. The first-order valence-electron chi connectivity index (χ1n) is 11.2. The Morgan fingerprint density at radius 2 is 1.97 bits per heavy atom. The molecule has 1 atom stereocenters. The summed E-state index contributed by atoms with van der Waals surface area (Å²) in [5, 5.41) is 7.15. The number of likely N-dealkylation sites (tertiary alicyclic amines) is 1. The van der Waals surface area contributed by atoms with E-state index in [1.54, 1.807) is 7.11 Å². The van der Waals surface area contributed by atoms with Crippen LogP contribution in [-0.2, 0) is 9.47 Å². The van der Waals surface area contributed by atoms with Crippen LogP contribution in [0.15, 0.2) is 17.1 Å². The molecule has 2 N–H and O–H groups in total. The predicted molar refractivity (Wildman–Crippen MR) is 140 cm³/mol. The minimum absolute atomic E-state index is 0. The topological polar surface area (TPSA) is 61.4 Å². The van der Waals surface area contributed by atoms with E-state index in [9.17, 15) is 0 Å². The SMILES string of the molecule is CN=C(NCC1CCN(CCOC)CC1)NCC(c1ccc(C)s1)N1CCOCC1.I. The van der Waals surface area contributed by atoms with Crippen molar-refractivity contribution >= 4 is 41.3 Å². The van der Waals surface area contributed by atoms with Crippen LogP contribution in [0.2, 0.25) is 0 Å². The first kappa shape index (κ1) is 26.8. The number of nitrogens with zero attached hydrogens (tertiary/aromatic N) is 3. The molecule has 0 aromatic carbocycles. The molecule has 2 fully saturated rings. The lowest BCUT2D eigenvalue weighted by atomic mass is 9.97. The molecular weight excluding hydrogens is 525 g/mol. The third-order valence-corrected chi connectivity index (χ3v) is 7.24. The van der Waals surface area contributed by atoms with Crippen molar-refractivity contribution in [1.29, 1.82) is 0 Å². The first-order chi connectivity index (χ1) is 14.7. The minimum Gasteiger partial charge on any atom is -0.383 e. The molecule has 0 saturated carbocycles. The number of guanidine groups is 1. The highest BCUT2D eigenvalue weighted by Crippen LogP contribution is 2.28. The third kappa shape index (κ3) is 8.77. The van der Waals surface area contributed by atoms with Crippen LogP contribution in [0.25, 0.3) is 0 Å². The van der Waals surface area contributed by atoms with Crippen molar-refractivity contribution in [2.45, 2.75) is 25.8 Å². The van der Waals surface area contributed by atoms with Gasteiger partial charge in [-0.1, -0.05) is 0 Å². The number of nitrogens with one attached hydrogen (secondary N) is 2. The normalized spacial score (nSPS) is 20.3. The van der Waals surface area contributed by atoms with Crippen molar-refractivity contribution in [2.24, 2.45) is 10.9 Å². The van der Waals surface area contributed by atoms with Crippen molar-refractivity contribution in [1.82, 2.24) is 20.4 Å². The van der Waals surface area contributed by atoms with E-state index in [2.05, 4.69) is 44.5 Å². The number of morpholine rings is 1. The summed E-state index contributed by atoms with van der Waals surface area (Å²) in [4.78, 5) is 12.3. The van der Waals surface area contributed by atoms with Crippen LogP contribution >= 0.6 is 35.3 Å². The second-order valence-corrected chi connectivity index (χ2v) is 9.54. The second-order valence-electron chi connectivity index (χ2n) is 8.22. The van der Waals surface area contributed by atoms with E-state index in [1.807, 2.05) is 18.4 Å². The molecule has 0 amide bonds. The van der Waals surface area contributed by atoms with Gasteiger partial charge in [-0.2, -0.15) is 0 Å². The van der Waals surface area contributed by atoms with Gasteiger partial charge in [0.25, 0.3) is 0 Å². The van der Waals surface area contributed by atoms with E-state index < -0.39 is 0 Å². The number of methoxy groups -OCH3 is 1. The number of piperidine rings is 1. The van der Waals surface area contributed by atoms with Gasteiger partial charge in [-0.15, -0.1) is 35.3 Å². The van der Waals surface area contributed by atoms with Crippen LogP contribution in [0.1, 0.15) is 28.6 Å². The number of thiophene rings is 1. The number of aryl methyl sites for hydroxylation is 1. The molecule has 0 bridgehead atoms. The van der Waals surface area contributed by atoms with Crippen molar-refractivity contribution in [3.8, 4) is 0 Å². The Kier molecular flexibility index (Phi) is 12.7. The fourth-order valence-corrected chi connectivity index (χ4v) is 5.23. The number of aliphatic imine (C=N–C) groups is 1. The van der Waals surface area contributed by atoms with Crippen LogP contribution in [0, 0.1) is 12.8 Å². The summed E-state index contributed by atoms with van der Waals surface area (Å²) in [6.45, 7) is 11.8. The van der Waals surface area contributed by atoms with Crippen LogP contribution in [-0.4, -0.2) is 95.6 Å². The second kappa shape index (κ2) is 14.6. The van der Waals surface area contributed by atoms with Crippen LogP contribution < -0.4 is 10.6 Å². The van der Waals surface area contributed by atoms with E-state index in [1.165, 1.54) is 35.7 Å². The molecule has 3 rings (SSSR count). The summed E-state index contributed by atoms with van der Waals surface area (Å²) in [5.74, 6) is 1.61. The van der Waals surface area contributed by atoms with Gasteiger partial charge < -0.3 is 25.0 Å². The zero-order valence-electron chi connectivity index (χ0n) is 19.3. The molecule has 0 aliphatic carbocycles. The Hall–Kier alpha value is -0.460. The Balaban J connectivity index is 0.00000341. The van der Waals surface area contributed by atoms with Gasteiger partial charge in [0.05, 0.1) is 25.9 Å². The Labute approximate surface area is 209 Å². The molecule has 0 radical (unpaired) electrons. The molecule has 7 nitrogen and oxygen atoms in total. The molecule has 2 aliphatic heterocycles. The summed E-state index contributed by atoms with van der Waals surface area (Å²) in [6.07, 6.45) is 2.47. The summed E-state index contributed by atoms with van der Waals surface area (Å²) in [6, 6.07) is 4.85. The highest BCUT2D eigenvalue weighted by atomic mass is 127. The molecule has 1 unspecified atom stereocenters. The third-order valence-electron chi connectivity index (χ3n) is 6.14. The monoisotopic (exact) mass is 565 g/mol. The van der Waals surface area contributed by atoms with Gasteiger partial charge in [0.1, 0.15) is 0 Å². The van der Waals surface area contributed by atoms with Gasteiger partial charge in [-0.05, 0) is 50.9 Å². The van der Waals surface area contributed by atoms with Gasteiger partial charge in [-0.3, -0.25) is 9.89 Å². The summed E-state index contributed by atoms with van der Waals surface area (Å²) < 4.78 is 10.8. The van der Waals surface area contributed by atoms with Crippen molar-refractivity contribution in [3.63, 3.8) is 0 Å². The summed E-state index contributed by atoms with van der Waals surface area (Å²) >= 11 is 1.89. The smallest absolute Gasteiger partial charge is 0.191 e. The molecular formula is C22H40IN5O2S. The van der Waals surface area contributed by atoms with E-state index in [4.69, 9.17) is 9.47 Å². The quantitative estimate of drug-likeness (QED) is 0.273. The van der Waals surface area contributed by atoms with Crippen LogP contribution in [0.5, 0.6) is 0 Å². The Bertz CT molecular complexity index is 646. The maximum absolute atomic E-state index is 5.57. The van der Waals surface area contributed by atoms with E-state index >= 15 is 0 Å². The van der Waals surface area contributed by atoms with E-state index in [-0.39, 0.29) is 24.0 Å². The largest absolute Gasteiger partial charge is 0.383 e. The lowest BCUT2D eigenvalue weighted by Gasteiger charge is -2.34. The number of hydrogen-bond donors (Lipinski definition) is 2. The maximum Gasteiger partial charge on any atom is 0.191 e. The lowest BCUT2D eigenvalue weighted by molar-refractivity contribution is 0.0177. The molecule has 178 valence electrons. The van der Waals surface area contributed by atoms with Crippen molar-refractivity contribution < 1.29 is 9.47 Å². The van der Waals surface area contributed by atoms with Gasteiger partial charge in [0.2, 0.25) is 0 Å². The van der Waals surface area contributed by atoms with Gasteiger partial charge in [-0.25, -0.2) is 0 Å². The predicted octanol–water partition coefficient (Wildman–Crippen LogP) is 2.57. The summed E-state index contributed by atoms with van der Waals surface area (Å²) in [7, 11) is 3.64. The van der Waals surface area contributed by atoms with Gasteiger partial charge in [0, 0.05) is 56.6 Å². The first-order valence-corrected chi connectivity index (χ1v) is 12.0. The van der Waals surface area contributed by atoms with Crippen molar-refractivity contribution in [2.75, 3.05) is 79.8 Å². The van der Waals surface area contributed by atoms with Crippen LogP contribution in [0.4, 0.5) is 0 Å². The molecule has 0 spiro atoms. The van der Waals surface area contributed by atoms with Crippen LogP contribution in [0.3, 0.4) is 0 Å². The molecule has 9 heteroatoms. The highest BCUT2D eigenvalue weighted by Gasteiger charge is 2.24. The van der Waals surface area contributed by atoms with Crippen molar-refractivity contribution in [3.05, 3.63) is 21.9 Å². The van der Waals surface area contributed by atoms with Gasteiger partial charge >= 0.3 is 0 Å². The average Bonchev–Trinajstić information content (AvgIpc) is 3.22. The zero-order chi connectivity index (χ0) is 21.2. The molecule has 2 saturated heterocycles. The average molecular weight is 566 g/mol. The Morgan fingerprint density at radius 1 is 1.23 bits per heavy atom. The van der Waals surface area contributed by atoms with E-state index in [0.717, 1.165) is 58.5 Å². The highest BCUT2D eigenvalue weighted by molar-refractivity contribution is 14.0. The summed E-state index contributed by atoms with van der Waals surface area (Å²) in [5.41, 5.74) is 0. The number of rotatable bonds is 9. The maximum atomic E-state index is 5.57. The van der Waals surface area contributed by atoms with Gasteiger partial charge in [0.15, 0.2) is 5.96 Å². The lowest BCUT2D eigenvalue weighted by Crippen LogP contribution is -2.47. The molecule has 2 aliphatic rings. The zero-order valence-corrected chi connectivity index (χ0v) is 22.4. The molecule has 1 aromatic rings.